The molecule has 0 radical (unpaired) electrons. The highest BCUT2D eigenvalue weighted by Crippen LogP contribution is 2.12. The predicted molar refractivity (Wildman–Crippen MR) is 115 cm³/mol. The van der Waals surface area contributed by atoms with Crippen molar-refractivity contribution in [2.45, 2.75) is 12.5 Å². The van der Waals surface area contributed by atoms with Crippen molar-refractivity contribution in [3.05, 3.63) is 58.2 Å². The monoisotopic (exact) mass is 484 g/mol. The van der Waals surface area contributed by atoms with Gasteiger partial charge in [-0.1, -0.05) is 18.2 Å². The van der Waals surface area contributed by atoms with Gasteiger partial charge in [0.25, 0.3) is 5.91 Å². The number of para-hydroxylation sites is 1. The van der Waals surface area contributed by atoms with Crippen LogP contribution in [0.15, 0.2) is 54.6 Å². The zero-order valence-corrected chi connectivity index (χ0v) is 17.4. The second kappa shape index (κ2) is 11.1. The van der Waals surface area contributed by atoms with Crippen LogP contribution in [0.4, 0.5) is 5.69 Å². The van der Waals surface area contributed by atoms with Gasteiger partial charge in [-0.2, -0.15) is 11.8 Å². The minimum Gasteiger partial charge on any atom is -0.484 e. The quantitative estimate of drug-likeness (QED) is 0.535. The van der Waals surface area contributed by atoms with Crippen LogP contribution in [0, 0.1) is 3.57 Å². The normalized spacial score (nSPS) is 11.5. The standard InChI is InChI=1S/C19H21IN2O3S/c1-26-12-11-17(19(24)21-15-9-7-14(20)8-10-15)22-18(23)13-25-16-5-3-2-4-6-16/h2-10,17H,11-13H2,1H3,(H,21,24)(H,22,23)/t17-/m0/s1. The van der Waals surface area contributed by atoms with Crippen LogP contribution in [0.5, 0.6) is 5.75 Å². The van der Waals surface area contributed by atoms with Gasteiger partial charge in [0.2, 0.25) is 5.91 Å². The van der Waals surface area contributed by atoms with Gasteiger partial charge in [-0.25, -0.2) is 0 Å². The zero-order valence-electron chi connectivity index (χ0n) is 14.4. The van der Waals surface area contributed by atoms with Crippen LogP contribution in [0.2, 0.25) is 0 Å². The molecule has 2 amide bonds. The molecule has 5 nitrogen and oxygen atoms in total. The van der Waals surface area contributed by atoms with Crippen molar-refractivity contribution in [3.63, 3.8) is 0 Å². The van der Waals surface area contributed by atoms with Crippen LogP contribution >= 0.6 is 34.4 Å². The molecule has 2 N–H and O–H groups in total. The van der Waals surface area contributed by atoms with Crippen LogP contribution in [-0.2, 0) is 9.59 Å². The number of amides is 2. The molecule has 0 aliphatic rings. The summed E-state index contributed by atoms with van der Waals surface area (Å²) >= 11 is 3.83. The lowest BCUT2D eigenvalue weighted by Crippen LogP contribution is -2.45. The van der Waals surface area contributed by atoms with E-state index in [0.29, 0.717) is 17.9 Å². The Morgan fingerprint density at radius 3 is 2.46 bits per heavy atom. The van der Waals surface area contributed by atoms with Crippen LogP contribution in [0.3, 0.4) is 0 Å². The van der Waals surface area contributed by atoms with Crippen LogP contribution in [0.25, 0.3) is 0 Å². The highest BCUT2D eigenvalue weighted by molar-refractivity contribution is 14.1. The van der Waals surface area contributed by atoms with E-state index in [1.54, 1.807) is 23.9 Å². The molecule has 1 atom stereocenters. The molecule has 0 saturated heterocycles. The molecular weight excluding hydrogens is 463 g/mol. The predicted octanol–water partition coefficient (Wildman–Crippen LogP) is 3.55. The lowest BCUT2D eigenvalue weighted by molar-refractivity contribution is -0.127. The molecular formula is C19H21IN2O3S. The summed E-state index contributed by atoms with van der Waals surface area (Å²) in [6.45, 7) is -0.128. The number of hydrogen-bond acceptors (Lipinski definition) is 4. The Kier molecular flexibility index (Phi) is 8.76. The molecule has 0 saturated carbocycles. The number of thioether (sulfide) groups is 1. The highest BCUT2D eigenvalue weighted by atomic mass is 127. The number of halogens is 1. The van der Waals surface area contributed by atoms with Gasteiger partial charge in [-0.3, -0.25) is 9.59 Å². The summed E-state index contributed by atoms with van der Waals surface area (Å²) in [5.41, 5.74) is 0.708. The Labute approximate surface area is 171 Å². The third-order valence-electron chi connectivity index (χ3n) is 3.49. The maximum absolute atomic E-state index is 12.5. The summed E-state index contributed by atoms with van der Waals surface area (Å²) < 4.78 is 6.52. The average molecular weight is 484 g/mol. The minimum absolute atomic E-state index is 0.128. The number of rotatable bonds is 9. The first-order valence-electron chi connectivity index (χ1n) is 8.11. The molecule has 0 unspecified atom stereocenters. The Bertz CT molecular complexity index is 710. The van der Waals surface area contributed by atoms with Gasteiger partial charge in [-0.05, 0) is 77.4 Å². The highest BCUT2D eigenvalue weighted by Gasteiger charge is 2.20. The Balaban J connectivity index is 1.91. The number of carbonyl (C=O) groups is 2. The molecule has 0 heterocycles. The largest absolute Gasteiger partial charge is 0.484 e. The summed E-state index contributed by atoms with van der Waals surface area (Å²) in [5, 5.41) is 5.61. The summed E-state index contributed by atoms with van der Waals surface area (Å²) in [5.74, 6) is 0.836. The van der Waals surface area contributed by atoms with Crippen molar-refractivity contribution in [3.8, 4) is 5.75 Å². The second-order valence-corrected chi connectivity index (χ2v) is 7.73. The molecule has 7 heteroatoms. The third-order valence-corrected chi connectivity index (χ3v) is 4.85. The number of anilines is 1. The number of benzene rings is 2. The minimum atomic E-state index is -0.603. The van der Waals surface area contributed by atoms with Gasteiger partial charge in [0.1, 0.15) is 11.8 Å². The maximum atomic E-state index is 12.5. The first-order valence-corrected chi connectivity index (χ1v) is 10.6. The van der Waals surface area contributed by atoms with E-state index < -0.39 is 6.04 Å². The van der Waals surface area contributed by atoms with E-state index in [4.69, 9.17) is 4.74 Å². The number of hydrogen-bond donors (Lipinski definition) is 2. The van der Waals surface area contributed by atoms with Crippen molar-refractivity contribution in [1.29, 1.82) is 0 Å². The lowest BCUT2D eigenvalue weighted by atomic mass is 10.2. The molecule has 138 valence electrons. The van der Waals surface area contributed by atoms with Gasteiger partial charge in [0, 0.05) is 9.26 Å². The Hall–Kier alpha value is -1.74. The topological polar surface area (TPSA) is 67.4 Å². The van der Waals surface area contributed by atoms with Gasteiger partial charge in [0.15, 0.2) is 6.61 Å². The van der Waals surface area contributed by atoms with Gasteiger partial charge < -0.3 is 15.4 Å². The van der Waals surface area contributed by atoms with E-state index in [-0.39, 0.29) is 18.4 Å². The molecule has 0 aromatic heterocycles. The second-order valence-electron chi connectivity index (χ2n) is 5.50. The fraction of sp³-hybridized carbons (Fsp3) is 0.263. The molecule has 2 aromatic carbocycles. The van der Waals surface area contributed by atoms with E-state index in [1.807, 2.05) is 48.7 Å². The number of carbonyl (C=O) groups excluding carboxylic acids is 2. The smallest absolute Gasteiger partial charge is 0.258 e. The maximum Gasteiger partial charge on any atom is 0.258 e. The lowest BCUT2D eigenvalue weighted by Gasteiger charge is -2.18. The van der Waals surface area contributed by atoms with Crippen LogP contribution < -0.4 is 15.4 Å². The zero-order chi connectivity index (χ0) is 18.8. The summed E-state index contributed by atoms with van der Waals surface area (Å²) in [6, 6.07) is 16.0. The summed E-state index contributed by atoms with van der Waals surface area (Å²) in [7, 11) is 0. The van der Waals surface area contributed by atoms with Crippen molar-refractivity contribution < 1.29 is 14.3 Å². The molecule has 2 aromatic rings. The van der Waals surface area contributed by atoms with Gasteiger partial charge in [0.05, 0.1) is 0 Å². The molecule has 26 heavy (non-hydrogen) atoms. The van der Waals surface area contributed by atoms with E-state index in [2.05, 4.69) is 33.2 Å². The Morgan fingerprint density at radius 1 is 1.12 bits per heavy atom. The van der Waals surface area contributed by atoms with E-state index in [0.717, 1.165) is 9.32 Å². The first-order chi connectivity index (χ1) is 12.6. The summed E-state index contributed by atoms with van der Waals surface area (Å²) in [4.78, 5) is 24.7. The molecule has 0 bridgehead atoms. The fourth-order valence-corrected chi connectivity index (χ4v) is 3.00. The van der Waals surface area contributed by atoms with Gasteiger partial charge >= 0.3 is 0 Å². The van der Waals surface area contributed by atoms with Crippen molar-refractivity contribution in [2.24, 2.45) is 0 Å². The number of ether oxygens (including phenoxy) is 1. The molecule has 0 aliphatic carbocycles. The van der Waals surface area contributed by atoms with E-state index >= 15 is 0 Å². The Morgan fingerprint density at radius 2 is 1.81 bits per heavy atom. The van der Waals surface area contributed by atoms with Crippen molar-refractivity contribution in [1.82, 2.24) is 5.32 Å². The third kappa shape index (κ3) is 7.25. The van der Waals surface area contributed by atoms with Crippen LogP contribution in [0.1, 0.15) is 6.42 Å². The first kappa shape index (κ1) is 20.6. The molecule has 0 spiro atoms. The summed E-state index contributed by atoms with van der Waals surface area (Å²) in [6.07, 6.45) is 2.52. The SMILES string of the molecule is CSCC[C@H](NC(=O)COc1ccccc1)C(=O)Nc1ccc(I)cc1. The van der Waals surface area contributed by atoms with Gasteiger partial charge in [-0.15, -0.1) is 0 Å². The fourth-order valence-electron chi connectivity index (χ4n) is 2.17. The van der Waals surface area contributed by atoms with Crippen LogP contribution in [-0.4, -0.2) is 36.5 Å². The molecule has 2 rings (SSSR count). The van der Waals surface area contributed by atoms with Crippen molar-refractivity contribution in [2.75, 3.05) is 23.9 Å². The average Bonchev–Trinajstić information content (AvgIpc) is 2.66. The molecule has 0 fully saturated rings. The van der Waals surface area contributed by atoms with E-state index in [1.165, 1.54) is 0 Å². The van der Waals surface area contributed by atoms with E-state index in [9.17, 15) is 9.59 Å². The molecule has 0 aliphatic heterocycles. The van der Waals surface area contributed by atoms with Crippen molar-refractivity contribution >= 4 is 51.9 Å². The number of nitrogens with one attached hydrogen (secondary N) is 2.